The zero-order valence-electron chi connectivity index (χ0n) is 9.44. The molecule has 0 fully saturated rings. The first-order valence-corrected chi connectivity index (χ1v) is 6.44. The molecular formula is C13H13Cl2NS. The quantitative estimate of drug-likeness (QED) is 0.586. The van der Waals surface area contributed by atoms with Crippen LogP contribution >= 0.6 is 23.4 Å². The SMILES string of the molecule is C[n+]1ccccc1SCc1ccc(Cl)cc1.[Cl-]. The Balaban J connectivity index is 0.00000144. The molecule has 0 radical (unpaired) electrons. The number of aryl methyl sites for hydroxylation is 1. The monoisotopic (exact) mass is 285 g/mol. The van der Waals surface area contributed by atoms with Crippen molar-refractivity contribution in [3.05, 3.63) is 59.2 Å². The maximum absolute atomic E-state index is 5.84. The summed E-state index contributed by atoms with van der Waals surface area (Å²) < 4.78 is 2.13. The van der Waals surface area contributed by atoms with E-state index in [1.807, 2.05) is 30.0 Å². The standard InChI is InChI=1S/C13H13ClNS.ClH/c1-15-9-3-2-4-13(15)16-10-11-5-7-12(14)8-6-11;/h2-9H,10H2,1H3;1H/q+1;/p-1. The molecule has 1 aromatic carbocycles. The Morgan fingerprint density at radius 3 is 2.47 bits per heavy atom. The minimum Gasteiger partial charge on any atom is -1.00 e. The van der Waals surface area contributed by atoms with Gasteiger partial charge >= 0.3 is 0 Å². The second kappa shape index (κ2) is 6.90. The molecule has 0 unspecified atom stereocenters. The Labute approximate surface area is 117 Å². The fourth-order valence-corrected chi connectivity index (χ4v) is 2.47. The van der Waals surface area contributed by atoms with Crippen LogP contribution in [0.3, 0.4) is 0 Å². The molecule has 1 nitrogen and oxygen atoms in total. The molecule has 0 bridgehead atoms. The normalized spacial score (nSPS) is 9.76. The molecule has 4 heteroatoms. The van der Waals surface area contributed by atoms with Gasteiger partial charge < -0.3 is 12.4 Å². The number of rotatable bonds is 3. The minimum absolute atomic E-state index is 0. The first-order valence-electron chi connectivity index (χ1n) is 5.07. The highest BCUT2D eigenvalue weighted by molar-refractivity contribution is 7.98. The molecule has 0 aliphatic carbocycles. The molecule has 17 heavy (non-hydrogen) atoms. The number of hydrogen-bond donors (Lipinski definition) is 0. The van der Waals surface area contributed by atoms with Crippen LogP contribution < -0.4 is 17.0 Å². The molecule has 2 aromatic rings. The highest BCUT2D eigenvalue weighted by Crippen LogP contribution is 2.20. The Bertz CT molecular complexity index is 471. The number of hydrogen-bond acceptors (Lipinski definition) is 1. The Kier molecular flexibility index (Phi) is 5.83. The number of nitrogens with zero attached hydrogens (tertiary/aromatic N) is 1. The zero-order chi connectivity index (χ0) is 11.4. The van der Waals surface area contributed by atoms with E-state index < -0.39 is 0 Å². The van der Waals surface area contributed by atoms with Crippen LogP contribution in [0.5, 0.6) is 0 Å². The van der Waals surface area contributed by atoms with Crippen molar-refractivity contribution in [3.63, 3.8) is 0 Å². The Hall–Kier alpha value is -0.700. The van der Waals surface area contributed by atoms with Gasteiger partial charge in [0.05, 0.1) is 0 Å². The summed E-state index contributed by atoms with van der Waals surface area (Å²) >= 11 is 7.67. The highest BCUT2D eigenvalue weighted by Gasteiger charge is 2.05. The Morgan fingerprint density at radius 2 is 1.82 bits per heavy atom. The van der Waals surface area contributed by atoms with Crippen molar-refractivity contribution in [2.75, 3.05) is 0 Å². The van der Waals surface area contributed by atoms with E-state index in [2.05, 4.69) is 42.1 Å². The van der Waals surface area contributed by atoms with Crippen LogP contribution in [0.1, 0.15) is 5.56 Å². The van der Waals surface area contributed by atoms with Crippen molar-refractivity contribution in [3.8, 4) is 0 Å². The van der Waals surface area contributed by atoms with Gasteiger partial charge in [-0.2, -0.15) is 4.57 Å². The van der Waals surface area contributed by atoms with Gasteiger partial charge in [0.25, 0.3) is 0 Å². The molecule has 0 saturated carbocycles. The average Bonchev–Trinajstić information content (AvgIpc) is 2.30. The van der Waals surface area contributed by atoms with Crippen molar-refractivity contribution < 1.29 is 17.0 Å². The van der Waals surface area contributed by atoms with Crippen molar-refractivity contribution in [1.82, 2.24) is 0 Å². The van der Waals surface area contributed by atoms with E-state index in [1.54, 1.807) is 0 Å². The van der Waals surface area contributed by atoms with E-state index >= 15 is 0 Å². The molecule has 0 aliphatic rings. The summed E-state index contributed by atoms with van der Waals surface area (Å²) in [6.07, 6.45) is 2.06. The predicted molar refractivity (Wildman–Crippen MR) is 68.6 cm³/mol. The van der Waals surface area contributed by atoms with E-state index in [0.29, 0.717) is 0 Å². The van der Waals surface area contributed by atoms with Gasteiger partial charge in [0.1, 0.15) is 7.05 Å². The minimum atomic E-state index is 0. The van der Waals surface area contributed by atoms with Gasteiger partial charge in [-0.3, -0.25) is 0 Å². The third-order valence-electron chi connectivity index (χ3n) is 2.31. The summed E-state index contributed by atoms with van der Waals surface area (Å²) in [5.41, 5.74) is 1.29. The van der Waals surface area contributed by atoms with Gasteiger partial charge in [-0.15, -0.1) is 0 Å². The van der Waals surface area contributed by atoms with Crippen LogP contribution in [0.25, 0.3) is 0 Å². The van der Waals surface area contributed by atoms with Crippen molar-refractivity contribution >= 4 is 23.4 Å². The molecule has 0 atom stereocenters. The lowest BCUT2D eigenvalue weighted by atomic mass is 10.2. The topological polar surface area (TPSA) is 3.88 Å². The van der Waals surface area contributed by atoms with Crippen molar-refractivity contribution in [2.24, 2.45) is 7.05 Å². The average molecular weight is 286 g/mol. The zero-order valence-corrected chi connectivity index (χ0v) is 11.8. The predicted octanol–water partition coefficient (Wildman–Crippen LogP) is 0.461. The number of halogens is 2. The molecule has 0 N–H and O–H groups in total. The van der Waals surface area contributed by atoms with Crippen LogP contribution in [-0.2, 0) is 12.8 Å². The van der Waals surface area contributed by atoms with E-state index in [4.69, 9.17) is 11.6 Å². The fraction of sp³-hybridized carbons (Fsp3) is 0.154. The molecule has 1 heterocycles. The van der Waals surface area contributed by atoms with Crippen LogP contribution in [0.4, 0.5) is 0 Å². The lowest BCUT2D eigenvalue weighted by molar-refractivity contribution is -0.708. The fourth-order valence-electron chi connectivity index (χ4n) is 1.40. The second-order valence-electron chi connectivity index (χ2n) is 3.56. The summed E-state index contributed by atoms with van der Waals surface area (Å²) in [7, 11) is 2.06. The molecule has 2 rings (SSSR count). The van der Waals surface area contributed by atoms with Gasteiger partial charge in [-0.05, 0) is 23.8 Å². The summed E-state index contributed by atoms with van der Waals surface area (Å²) in [5.74, 6) is 0.967. The highest BCUT2D eigenvalue weighted by atomic mass is 35.5. The summed E-state index contributed by atoms with van der Waals surface area (Å²) in [6.45, 7) is 0. The third-order valence-corrected chi connectivity index (χ3v) is 3.76. The van der Waals surface area contributed by atoms with Crippen LogP contribution in [0.15, 0.2) is 53.7 Å². The number of benzene rings is 1. The van der Waals surface area contributed by atoms with Gasteiger partial charge in [-0.1, -0.05) is 35.5 Å². The second-order valence-corrected chi connectivity index (χ2v) is 5.00. The first-order chi connectivity index (χ1) is 7.75. The van der Waals surface area contributed by atoms with Crippen LogP contribution in [0, 0.1) is 0 Å². The molecule has 1 aromatic heterocycles. The van der Waals surface area contributed by atoms with Crippen LogP contribution in [-0.4, -0.2) is 0 Å². The summed E-state index contributed by atoms with van der Waals surface area (Å²) in [5, 5.41) is 2.05. The first kappa shape index (κ1) is 14.4. The molecule has 0 spiro atoms. The number of thioether (sulfide) groups is 1. The number of aromatic nitrogens is 1. The third kappa shape index (κ3) is 4.23. The van der Waals surface area contributed by atoms with Gasteiger partial charge in [-0.25, -0.2) is 0 Å². The molecule has 0 aliphatic heterocycles. The van der Waals surface area contributed by atoms with E-state index in [9.17, 15) is 0 Å². The largest absolute Gasteiger partial charge is 1.00 e. The van der Waals surface area contributed by atoms with Crippen molar-refractivity contribution in [2.45, 2.75) is 10.8 Å². The Morgan fingerprint density at radius 1 is 1.12 bits per heavy atom. The van der Waals surface area contributed by atoms with Crippen molar-refractivity contribution in [1.29, 1.82) is 0 Å². The smallest absolute Gasteiger partial charge is 0.240 e. The van der Waals surface area contributed by atoms with E-state index in [1.165, 1.54) is 10.6 Å². The van der Waals surface area contributed by atoms with E-state index in [0.717, 1.165) is 10.8 Å². The molecule has 90 valence electrons. The maximum Gasteiger partial charge on any atom is 0.240 e. The lowest BCUT2D eigenvalue weighted by Crippen LogP contribution is -3.00. The van der Waals surface area contributed by atoms with E-state index in [-0.39, 0.29) is 12.4 Å². The molecule has 0 amide bonds. The van der Waals surface area contributed by atoms with Crippen LogP contribution in [0.2, 0.25) is 5.02 Å². The lowest BCUT2D eigenvalue weighted by Gasteiger charge is -2.00. The van der Waals surface area contributed by atoms with Gasteiger partial charge in [0, 0.05) is 22.9 Å². The number of pyridine rings is 1. The molecular weight excluding hydrogens is 273 g/mol. The summed E-state index contributed by atoms with van der Waals surface area (Å²) in [6, 6.07) is 14.2. The summed E-state index contributed by atoms with van der Waals surface area (Å²) in [4.78, 5) is 0. The molecule has 0 saturated heterocycles. The van der Waals surface area contributed by atoms with Gasteiger partial charge in [0.2, 0.25) is 5.03 Å². The van der Waals surface area contributed by atoms with Gasteiger partial charge in [0.15, 0.2) is 6.20 Å². The maximum atomic E-state index is 5.84.